The minimum atomic E-state index is 0.677. The number of hydrogen-bond acceptors (Lipinski definition) is 3. The average Bonchev–Trinajstić information content (AvgIpc) is 2.46. The fourth-order valence-electron chi connectivity index (χ4n) is 1.40. The van der Waals surface area contributed by atoms with Crippen LogP contribution in [-0.4, -0.2) is 0 Å². The molecule has 2 aromatic rings. The Morgan fingerprint density at radius 1 is 1.20 bits per heavy atom. The number of benzene rings is 1. The third-order valence-electron chi connectivity index (χ3n) is 2.20. The molecule has 2 nitrogen and oxygen atoms in total. The van der Waals surface area contributed by atoms with Crippen LogP contribution >= 0.6 is 22.9 Å². The van der Waals surface area contributed by atoms with Gasteiger partial charge in [0.1, 0.15) is 0 Å². The highest BCUT2D eigenvalue weighted by molar-refractivity contribution is 7.19. The van der Waals surface area contributed by atoms with Crippen molar-refractivity contribution < 1.29 is 0 Å². The highest BCUT2D eigenvalue weighted by Crippen LogP contribution is 2.37. The standard InChI is InChI=1S/C11H11ClN2S/c1-6-4-10(15-11(6)12)8-3-2-7(13)5-9(8)14/h2-5H,13-14H2,1H3. The van der Waals surface area contributed by atoms with Gasteiger partial charge in [-0.25, -0.2) is 0 Å². The second-order valence-corrected chi connectivity index (χ2v) is 5.07. The zero-order chi connectivity index (χ0) is 11.0. The van der Waals surface area contributed by atoms with Gasteiger partial charge in [-0.15, -0.1) is 11.3 Å². The van der Waals surface area contributed by atoms with E-state index in [1.165, 1.54) is 11.3 Å². The number of anilines is 2. The van der Waals surface area contributed by atoms with Gasteiger partial charge in [-0.3, -0.25) is 0 Å². The molecule has 0 radical (unpaired) electrons. The van der Waals surface area contributed by atoms with E-state index in [1.54, 1.807) is 6.07 Å². The first kappa shape index (κ1) is 10.3. The fourth-order valence-corrected chi connectivity index (χ4v) is 2.65. The molecular formula is C11H11ClN2S. The first-order valence-electron chi connectivity index (χ1n) is 4.49. The molecular weight excluding hydrogens is 228 g/mol. The Bertz CT molecular complexity index is 486. The van der Waals surface area contributed by atoms with Crippen LogP contribution in [0.4, 0.5) is 11.4 Å². The monoisotopic (exact) mass is 238 g/mol. The van der Waals surface area contributed by atoms with Gasteiger partial charge in [0.05, 0.1) is 4.34 Å². The van der Waals surface area contributed by atoms with Crippen molar-refractivity contribution in [2.45, 2.75) is 6.92 Å². The van der Waals surface area contributed by atoms with Crippen LogP contribution in [0.1, 0.15) is 5.56 Å². The van der Waals surface area contributed by atoms with Crippen molar-refractivity contribution in [1.29, 1.82) is 0 Å². The van der Waals surface area contributed by atoms with E-state index < -0.39 is 0 Å². The third-order valence-corrected chi connectivity index (χ3v) is 3.79. The molecule has 1 heterocycles. The maximum Gasteiger partial charge on any atom is 0.0964 e. The Balaban J connectivity index is 2.54. The predicted molar refractivity (Wildman–Crippen MR) is 68.3 cm³/mol. The molecule has 78 valence electrons. The van der Waals surface area contributed by atoms with E-state index in [2.05, 4.69) is 0 Å². The van der Waals surface area contributed by atoms with Gasteiger partial charge in [0, 0.05) is 21.8 Å². The molecule has 15 heavy (non-hydrogen) atoms. The second-order valence-electron chi connectivity index (χ2n) is 3.41. The van der Waals surface area contributed by atoms with Crippen molar-refractivity contribution in [2.24, 2.45) is 0 Å². The Morgan fingerprint density at radius 2 is 1.93 bits per heavy atom. The summed E-state index contributed by atoms with van der Waals surface area (Å²) < 4.78 is 0.807. The zero-order valence-electron chi connectivity index (χ0n) is 8.25. The summed E-state index contributed by atoms with van der Waals surface area (Å²) in [5.41, 5.74) is 15.0. The van der Waals surface area contributed by atoms with Crippen LogP contribution in [0, 0.1) is 6.92 Å². The highest BCUT2D eigenvalue weighted by atomic mass is 35.5. The number of halogens is 1. The molecule has 0 amide bonds. The lowest BCUT2D eigenvalue weighted by Crippen LogP contribution is -1.91. The number of thiophene rings is 1. The molecule has 1 aromatic heterocycles. The van der Waals surface area contributed by atoms with Crippen molar-refractivity contribution in [2.75, 3.05) is 11.5 Å². The summed E-state index contributed by atoms with van der Waals surface area (Å²) >= 11 is 7.55. The van der Waals surface area contributed by atoms with Gasteiger partial charge < -0.3 is 11.5 Å². The molecule has 0 aliphatic heterocycles. The summed E-state index contributed by atoms with van der Waals surface area (Å²) in [5.74, 6) is 0. The normalized spacial score (nSPS) is 10.5. The number of nitrogens with two attached hydrogens (primary N) is 2. The number of rotatable bonds is 1. The molecule has 4 heteroatoms. The summed E-state index contributed by atoms with van der Waals surface area (Å²) in [6.07, 6.45) is 0. The Kier molecular flexibility index (Phi) is 2.59. The largest absolute Gasteiger partial charge is 0.399 e. The lowest BCUT2D eigenvalue weighted by atomic mass is 10.1. The van der Waals surface area contributed by atoms with Gasteiger partial charge in [0.15, 0.2) is 0 Å². The van der Waals surface area contributed by atoms with Crippen LogP contribution in [0.5, 0.6) is 0 Å². The molecule has 0 bridgehead atoms. The number of aryl methyl sites for hydroxylation is 1. The highest BCUT2D eigenvalue weighted by Gasteiger charge is 2.08. The molecule has 0 saturated heterocycles. The Morgan fingerprint density at radius 3 is 2.47 bits per heavy atom. The molecule has 1 aromatic carbocycles. The third kappa shape index (κ3) is 1.94. The molecule has 0 spiro atoms. The number of hydrogen-bond donors (Lipinski definition) is 2. The topological polar surface area (TPSA) is 52.0 Å². The summed E-state index contributed by atoms with van der Waals surface area (Å²) in [4.78, 5) is 1.08. The maximum absolute atomic E-state index is 6.02. The molecule has 0 aliphatic rings. The van der Waals surface area contributed by atoms with E-state index in [4.69, 9.17) is 23.1 Å². The summed E-state index contributed by atoms with van der Waals surface area (Å²) in [6.45, 7) is 1.98. The van der Waals surface area contributed by atoms with Crippen LogP contribution in [0.15, 0.2) is 24.3 Å². The van der Waals surface area contributed by atoms with Crippen molar-refractivity contribution in [3.05, 3.63) is 34.2 Å². The summed E-state index contributed by atoms with van der Waals surface area (Å²) in [5, 5.41) is 0. The van der Waals surface area contributed by atoms with Crippen molar-refractivity contribution >= 4 is 34.3 Å². The SMILES string of the molecule is Cc1cc(-c2ccc(N)cc2N)sc1Cl. The van der Waals surface area contributed by atoms with Crippen LogP contribution in [0.3, 0.4) is 0 Å². The quantitative estimate of drug-likeness (QED) is 0.747. The second kappa shape index (κ2) is 3.76. The van der Waals surface area contributed by atoms with Crippen molar-refractivity contribution in [1.82, 2.24) is 0 Å². The average molecular weight is 239 g/mol. The summed E-state index contributed by atoms with van der Waals surface area (Å²) in [7, 11) is 0. The molecule has 0 aliphatic carbocycles. The number of nitrogen functional groups attached to an aromatic ring is 2. The molecule has 0 atom stereocenters. The molecule has 0 saturated carbocycles. The van der Waals surface area contributed by atoms with Crippen LogP contribution in [0.2, 0.25) is 4.34 Å². The van der Waals surface area contributed by atoms with Crippen LogP contribution in [-0.2, 0) is 0 Å². The van der Waals surface area contributed by atoms with E-state index in [0.29, 0.717) is 11.4 Å². The minimum Gasteiger partial charge on any atom is -0.399 e. The maximum atomic E-state index is 6.02. The van der Waals surface area contributed by atoms with Crippen molar-refractivity contribution in [3.63, 3.8) is 0 Å². The van der Waals surface area contributed by atoms with Gasteiger partial charge in [-0.05, 0) is 36.8 Å². The van der Waals surface area contributed by atoms with Crippen molar-refractivity contribution in [3.8, 4) is 10.4 Å². The van der Waals surface area contributed by atoms with E-state index in [0.717, 1.165) is 20.3 Å². The van der Waals surface area contributed by atoms with Gasteiger partial charge >= 0.3 is 0 Å². The molecule has 4 N–H and O–H groups in total. The Hall–Kier alpha value is -1.19. The summed E-state index contributed by atoms with van der Waals surface area (Å²) in [6, 6.07) is 7.56. The first-order valence-corrected chi connectivity index (χ1v) is 5.68. The van der Waals surface area contributed by atoms with Crippen LogP contribution in [0.25, 0.3) is 10.4 Å². The van der Waals surface area contributed by atoms with Gasteiger partial charge in [-0.1, -0.05) is 11.6 Å². The van der Waals surface area contributed by atoms with E-state index in [-0.39, 0.29) is 0 Å². The Labute approximate surface area is 97.5 Å². The van der Waals surface area contributed by atoms with E-state index in [1.807, 2.05) is 25.1 Å². The van der Waals surface area contributed by atoms with E-state index in [9.17, 15) is 0 Å². The zero-order valence-corrected chi connectivity index (χ0v) is 9.82. The molecule has 2 rings (SSSR count). The van der Waals surface area contributed by atoms with Gasteiger partial charge in [0.25, 0.3) is 0 Å². The van der Waals surface area contributed by atoms with Gasteiger partial charge in [0.2, 0.25) is 0 Å². The van der Waals surface area contributed by atoms with Gasteiger partial charge in [-0.2, -0.15) is 0 Å². The first-order chi connectivity index (χ1) is 7.08. The minimum absolute atomic E-state index is 0.677. The predicted octanol–water partition coefficient (Wildman–Crippen LogP) is 3.54. The van der Waals surface area contributed by atoms with Crippen LogP contribution < -0.4 is 11.5 Å². The lowest BCUT2D eigenvalue weighted by molar-refractivity contribution is 1.55. The van der Waals surface area contributed by atoms with E-state index >= 15 is 0 Å². The molecule has 0 fully saturated rings. The lowest BCUT2D eigenvalue weighted by Gasteiger charge is -2.03. The smallest absolute Gasteiger partial charge is 0.0964 e. The fraction of sp³-hybridized carbons (Fsp3) is 0.0909. The molecule has 0 unspecified atom stereocenters.